The van der Waals surface area contributed by atoms with E-state index in [4.69, 9.17) is 0 Å². The maximum absolute atomic E-state index is 12.7. The molecule has 0 unspecified atom stereocenters. The number of hydrogen-bond acceptors (Lipinski definition) is 6. The predicted molar refractivity (Wildman–Crippen MR) is 92.3 cm³/mol. The first-order valence-electron chi connectivity index (χ1n) is 9.10. The number of aromatic nitrogens is 4. The monoisotopic (exact) mass is 366 g/mol. The van der Waals surface area contributed by atoms with Gasteiger partial charge >= 0.3 is 0 Å². The van der Waals surface area contributed by atoms with Crippen molar-refractivity contribution in [3.63, 3.8) is 0 Å². The van der Waals surface area contributed by atoms with Gasteiger partial charge in [-0.05, 0) is 65.8 Å². The van der Waals surface area contributed by atoms with Crippen molar-refractivity contribution in [3.8, 4) is 5.69 Å². The number of benzene rings is 1. The highest BCUT2D eigenvalue weighted by Crippen LogP contribution is 2.56. The molecule has 1 saturated heterocycles. The molecule has 0 spiro atoms. The van der Waals surface area contributed by atoms with Crippen LogP contribution >= 0.6 is 0 Å². The third kappa shape index (κ3) is 2.53. The number of amides is 3. The van der Waals surface area contributed by atoms with Crippen molar-refractivity contribution in [2.45, 2.75) is 19.3 Å². The normalized spacial score (nSPS) is 28.7. The zero-order valence-corrected chi connectivity index (χ0v) is 14.5. The molecule has 1 aromatic carbocycles. The summed E-state index contributed by atoms with van der Waals surface area (Å²) in [4.78, 5) is 38.8. The minimum atomic E-state index is -0.376. The molecule has 27 heavy (non-hydrogen) atoms. The largest absolute Gasteiger partial charge is 0.325 e. The van der Waals surface area contributed by atoms with Crippen molar-refractivity contribution in [1.82, 2.24) is 25.1 Å². The van der Waals surface area contributed by atoms with Crippen LogP contribution in [0.3, 0.4) is 0 Å². The molecule has 3 aliphatic rings. The minimum absolute atomic E-state index is 0.165. The molecule has 138 valence electrons. The zero-order chi connectivity index (χ0) is 18.5. The first kappa shape index (κ1) is 16.1. The predicted octanol–water partition coefficient (Wildman–Crippen LogP) is 0.632. The Morgan fingerprint density at radius 1 is 1.07 bits per heavy atom. The lowest BCUT2D eigenvalue weighted by Gasteiger charge is -2.19. The number of carbonyl (C=O) groups excluding carboxylic acids is 3. The lowest BCUT2D eigenvalue weighted by molar-refractivity contribution is -0.143. The number of fused-ring (bicyclic) bond motifs is 5. The second kappa shape index (κ2) is 5.97. The van der Waals surface area contributed by atoms with Crippen molar-refractivity contribution in [2.24, 2.45) is 23.7 Å². The van der Waals surface area contributed by atoms with Crippen LogP contribution in [0.25, 0.3) is 5.69 Å². The molecule has 0 radical (unpaired) electrons. The van der Waals surface area contributed by atoms with E-state index >= 15 is 0 Å². The third-order valence-corrected chi connectivity index (χ3v) is 6.09. The molecule has 9 nitrogen and oxygen atoms in total. The number of anilines is 1. The van der Waals surface area contributed by atoms with Crippen LogP contribution in [0.15, 0.2) is 30.6 Å². The van der Waals surface area contributed by atoms with Crippen LogP contribution in [0, 0.1) is 23.7 Å². The molecule has 1 N–H and O–H groups in total. The number of tetrazole rings is 1. The average Bonchev–Trinajstić information content (AvgIpc) is 3.44. The summed E-state index contributed by atoms with van der Waals surface area (Å²) in [5.74, 6) is -0.451. The van der Waals surface area contributed by atoms with Crippen molar-refractivity contribution in [2.75, 3.05) is 11.9 Å². The quantitative estimate of drug-likeness (QED) is 0.795. The summed E-state index contributed by atoms with van der Waals surface area (Å²) in [7, 11) is 0. The third-order valence-electron chi connectivity index (χ3n) is 6.09. The molecule has 2 saturated carbocycles. The topological polar surface area (TPSA) is 110 Å². The molecule has 5 rings (SSSR count). The molecule has 9 heteroatoms. The van der Waals surface area contributed by atoms with E-state index in [9.17, 15) is 14.4 Å². The molecular formula is C18H18N6O3. The number of carbonyl (C=O) groups is 3. The fourth-order valence-corrected chi connectivity index (χ4v) is 4.95. The summed E-state index contributed by atoms with van der Waals surface area (Å²) in [6.07, 6.45) is 4.51. The van der Waals surface area contributed by atoms with Gasteiger partial charge in [-0.15, -0.1) is 5.10 Å². The molecule has 2 bridgehead atoms. The van der Waals surface area contributed by atoms with Crippen molar-refractivity contribution >= 4 is 23.4 Å². The highest BCUT2D eigenvalue weighted by molar-refractivity contribution is 6.09. The Bertz CT molecular complexity index is 882. The van der Waals surface area contributed by atoms with Gasteiger partial charge in [-0.3, -0.25) is 19.3 Å². The molecule has 3 amide bonds. The van der Waals surface area contributed by atoms with Crippen molar-refractivity contribution in [1.29, 1.82) is 0 Å². The second-order valence-electron chi connectivity index (χ2n) is 7.50. The zero-order valence-electron chi connectivity index (χ0n) is 14.5. The van der Waals surface area contributed by atoms with E-state index in [1.807, 2.05) is 0 Å². The molecule has 2 aromatic rings. The van der Waals surface area contributed by atoms with Gasteiger partial charge in [0.15, 0.2) is 0 Å². The molecule has 4 atom stereocenters. The van der Waals surface area contributed by atoms with E-state index in [1.54, 1.807) is 24.3 Å². The highest BCUT2D eigenvalue weighted by Gasteiger charge is 2.60. The summed E-state index contributed by atoms with van der Waals surface area (Å²) < 4.78 is 1.50. The molecular weight excluding hydrogens is 348 g/mol. The van der Waals surface area contributed by atoms with Gasteiger partial charge in [0.05, 0.1) is 17.5 Å². The first-order chi connectivity index (χ1) is 13.1. The van der Waals surface area contributed by atoms with Gasteiger partial charge < -0.3 is 5.32 Å². The Labute approximate surface area is 154 Å². The highest BCUT2D eigenvalue weighted by atomic mass is 16.2. The summed E-state index contributed by atoms with van der Waals surface area (Å²) in [5, 5.41) is 13.7. The SMILES string of the molecule is O=C(CN1C(=O)[C@@H]2[C@H]3CC[C@@H](C3)[C@H]2C1=O)Nc1ccc(-n2cnnn2)cc1. The lowest BCUT2D eigenvalue weighted by Crippen LogP contribution is -2.39. The Morgan fingerprint density at radius 3 is 2.33 bits per heavy atom. The van der Waals surface area contributed by atoms with Crippen LogP contribution in [-0.4, -0.2) is 49.4 Å². The van der Waals surface area contributed by atoms with Crippen molar-refractivity contribution in [3.05, 3.63) is 30.6 Å². The fraction of sp³-hybridized carbons (Fsp3) is 0.444. The van der Waals surface area contributed by atoms with E-state index in [2.05, 4.69) is 20.8 Å². The van der Waals surface area contributed by atoms with Crippen LogP contribution in [-0.2, 0) is 14.4 Å². The molecule has 1 aromatic heterocycles. The molecule has 3 fully saturated rings. The summed E-state index contributed by atoms with van der Waals surface area (Å²) in [6, 6.07) is 6.97. The van der Waals surface area contributed by atoms with Crippen molar-refractivity contribution < 1.29 is 14.4 Å². The van der Waals surface area contributed by atoms with Crippen LogP contribution in [0.2, 0.25) is 0 Å². The van der Waals surface area contributed by atoms with Gasteiger partial charge in [-0.2, -0.15) is 0 Å². The lowest BCUT2D eigenvalue weighted by atomic mass is 9.81. The molecule has 1 aliphatic heterocycles. The van der Waals surface area contributed by atoms with E-state index < -0.39 is 0 Å². The van der Waals surface area contributed by atoms with E-state index in [0.29, 0.717) is 17.5 Å². The Kier molecular flexibility index (Phi) is 3.56. The number of rotatable bonds is 4. The van der Waals surface area contributed by atoms with Gasteiger partial charge in [0, 0.05) is 5.69 Å². The number of hydrogen-bond donors (Lipinski definition) is 1. The Hall–Kier alpha value is -3.10. The van der Waals surface area contributed by atoms with Crippen LogP contribution in [0.4, 0.5) is 5.69 Å². The summed E-state index contributed by atoms with van der Waals surface area (Å²) >= 11 is 0. The van der Waals surface area contributed by atoms with E-state index in [-0.39, 0.29) is 36.1 Å². The summed E-state index contributed by atoms with van der Waals surface area (Å²) in [6.45, 7) is -0.223. The number of likely N-dealkylation sites (tertiary alicyclic amines) is 1. The van der Waals surface area contributed by atoms with E-state index in [0.717, 1.165) is 29.8 Å². The van der Waals surface area contributed by atoms with E-state index in [1.165, 1.54) is 11.0 Å². The molecule has 2 aliphatic carbocycles. The first-order valence-corrected chi connectivity index (χ1v) is 9.10. The Morgan fingerprint density at radius 2 is 1.74 bits per heavy atom. The van der Waals surface area contributed by atoms with Gasteiger partial charge in [0.1, 0.15) is 12.9 Å². The smallest absolute Gasteiger partial charge is 0.244 e. The fourth-order valence-electron chi connectivity index (χ4n) is 4.95. The maximum atomic E-state index is 12.7. The van der Waals surface area contributed by atoms with Crippen LogP contribution in [0.5, 0.6) is 0 Å². The van der Waals surface area contributed by atoms with Crippen LogP contribution in [0.1, 0.15) is 19.3 Å². The number of imide groups is 1. The average molecular weight is 366 g/mol. The molecule has 2 heterocycles. The second-order valence-corrected chi connectivity index (χ2v) is 7.50. The number of nitrogens with zero attached hydrogens (tertiary/aromatic N) is 5. The van der Waals surface area contributed by atoms with Gasteiger partial charge in [-0.25, -0.2) is 4.68 Å². The number of nitrogens with one attached hydrogen (secondary N) is 1. The standard InChI is InChI=1S/C18H18N6O3/c25-14(20-12-3-5-13(6-4-12)24-9-19-21-22-24)8-23-17(26)15-10-1-2-11(7-10)16(15)18(23)27/h3-6,9-11,15-16H,1-2,7-8H2,(H,20,25)/t10-,11-,15+,16+/m0/s1. The van der Waals surface area contributed by atoms with Gasteiger partial charge in [0.25, 0.3) is 0 Å². The maximum Gasteiger partial charge on any atom is 0.244 e. The van der Waals surface area contributed by atoms with Gasteiger partial charge in [-0.1, -0.05) is 0 Å². The summed E-state index contributed by atoms with van der Waals surface area (Å²) in [5.41, 5.74) is 1.34. The van der Waals surface area contributed by atoms with Crippen LogP contribution < -0.4 is 5.32 Å². The Balaban J connectivity index is 1.25. The van der Waals surface area contributed by atoms with Gasteiger partial charge in [0.2, 0.25) is 17.7 Å². The minimum Gasteiger partial charge on any atom is -0.325 e.